The van der Waals surface area contributed by atoms with Crippen molar-refractivity contribution in [3.63, 3.8) is 0 Å². The van der Waals surface area contributed by atoms with Crippen LogP contribution in [-0.2, 0) is 4.79 Å². The highest BCUT2D eigenvalue weighted by Gasteiger charge is 2.19. The quantitative estimate of drug-likeness (QED) is 0.704. The van der Waals surface area contributed by atoms with E-state index >= 15 is 0 Å². The van der Waals surface area contributed by atoms with Crippen LogP contribution >= 0.6 is 0 Å². The first-order chi connectivity index (χ1) is 7.72. The van der Waals surface area contributed by atoms with Gasteiger partial charge in [0, 0.05) is 18.7 Å². The molecule has 1 heterocycles. The van der Waals surface area contributed by atoms with Crippen LogP contribution in [0.15, 0.2) is 36.5 Å². The molecule has 0 saturated carbocycles. The van der Waals surface area contributed by atoms with Gasteiger partial charge in [-0.05, 0) is 31.0 Å². The normalized spacial score (nSPS) is 15.1. The zero-order valence-electron chi connectivity index (χ0n) is 9.49. The van der Waals surface area contributed by atoms with E-state index in [4.69, 9.17) is 0 Å². The zero-order chi connectivity index (χ0) is 11.5. The fourth-order valence-electron chi connectivity index (χ4n) is 2.00. The summed E-state index contributed by atoms with van der Waals surface area (Å²) >= 11 is 0. The van der Waals surface area contributed by atoms with Crippen LogP contribution in [0.3, 0.4) is 0 Å². The van der Waals surface area contributed by atoms with Crippen LogP contribution in [0.5, 0.6) is 0 Å². The van der Waals surface area contributed by atoms with E-state index in [1.165, 1.54) is 0 Å². The first kappa shape index (κ1) is 10.7. The van der Waals surface area contributed by atoms with Crippen molar-refractivity contribution in [1.29, 1.82) is 0 Å². The van der Waals surface area contributed by atoms with Crippen molar-refractivity contribution in [3.05, 3.63) is 42.1 Å². The molecule has 1 aromatic carbocycles. The first-order valence-electron chi connectivity index (χ1n) is 5.50. The number of benzene rings is 1. The van der Waals surface area contributed by atoms with Gasteiger partial charge in [0.25, 0.3) is 0 Å². The molecule has 2 nitrogen and oxygen atoms in total. The van der Waals surface area contributed by atoms with Crippen LogP contribution in [0.25, 0.3) is 5.57 Å². The summed E-state index contributed by atoms with van der Waals surface area (Å²) in [6.07, 6.45) is 1.86. The Morgan fingerprint density at radius 1 is 1.50 bits per heavy atom. The predicted molar refractivity (Wildman–Crippen MR) is 66.9 cm³/mol. The maximum atomic E-state index is 10.8. The SMILES string of the molecule is C=C(C)c1cccc(N2CCCC2=C=O)c1. The fourth-order valence-corrected chi connectivity index (χ4v) is 2.00. The minimum atomic E-state index is 0.763. The Balaban J connectivity index is 2.37. The third kappa shape index (κ3) is 1.93. The Morgan fingerprint density at radius 2 is 2.31 bits per heavy atom. The second-order valence-electron chi connectivity index (χ2n) is 4.13. The molecule has 2 rings (SSSR count). The molecule has 0 N–H and O–H groups in total. The number of allylic oxidation sites excluding steroid dienone is 2. The summed E-state index contributed by atoms with van der Waals surface area (Å²) in [5.41, 5.74) is 3.99. The molecule has 16 heavy (non-hydrogen) atoms. The van der Waals surface area contributed by atoms with E-state index in [9.17, 15) is 4.79 Å². The van der Waals surface area contributed by atoms with E-state index in [-0.39, 0.29) is 0 Å². The van der Waals surface area contributed by atoms with Gasteiger partial charge in [0.1, 0.15) is 11.6 Å². The summed E-state index contributed by atoms with van der Waals surface area (Å²) in [7, 11) is 0. The van der Waals surface area contributed by atoms with Crippen LogP contribution in [0.2, 0.25) is 0 Å². The van der Waals surface area contributed by atoms with Crippen molar-refractivity contribution < 1.29 is 4.79 Å². The van der Waals surface area contributed by atoms with E-state index in [2.05, 4.69) is 12.6 Å². The van der Waals surface area contributed by atoms with E-state index in [1.807, 2.05) is 36.0 Å². The van der Waals surface area contributed by atoms with Gasteiger partial charge < -0.3 is 4.90 Å². The first-order valence-corrected chi connectivity index (χ1v) is 5.50. The Bertz CT molecular complexity index is 469. The molecule has 82 valence electrons. The molecule has 0 aromatic heterocycles. The number of nitrogens with zero attached hydrogens (tertiary/aromatic N) is 1. The predicted octanol–water partition coefficient (Wildman–Crippen LogP) is 3.04. The van der Waals surface area contributed by atoms with E-state index in [0.717, 1.165) is 41.9 Å². The Labute approximate surface area is 95.9 Å². The maximum Gasteiger partial charge on any atom is 0.146 e. The molecule has 0 unspecified atom stereocenters. The molecule has 0 spiro atoms. The minimum Gasteiger partial charge on any atom is -0.336 e. The van der Waals surface area contributed by atoms with Crippen molar-refractivity contribution in [1.82, 2.24) is 0 Å². The highest BCUT2D eigenvalue weighted by molar-refractivity contribution is 5.70. The highest BCUT2D eigenvalue weighted by atomic mass is 16.1. The monoisotopic (exact) mass is 213 g/mol. The molecule has 0 amide bonds. The summed E-state index contributed by atoms with van der Waals surface area (Å²) in [4.78, 5) is 12.8. The van der Waals surface area contributed by atoms with Crippen molar-refractivity contribution >= 4 is 17.2 Å². The van der Waals surface area contributed by atoms with Gasteiger partial charge in [-0.25, -0.2) is 4.79 Å². The third-order valence-electron chi connectivity index (χ3n) is 2.89. The second kappa shape index (κ2) is 4.38. The Kier molecular flexibility index (Phi) is 2.93. The standard InChI is InChI=1S/C14H15NO/c1-11(2)12-5-3-6-13(9-12)15-8-4-7-14(15)10-16/h3,5-6,9H,1,4,7-8H2,2H3. The van der Waals surface area contributed by atoms with Gasteiger partial charge in [0.2, 0.25) is 0 Å². The molecular formula is C14H15NO. The number of hydrogen-bond acceptors (Lipinski definition) is 2. The highest BCUT2D eigenvalue weighted by Crippen LogP contribution is 2.28. The fraction of sp³-hybridized carbons (Fsp3) is 0.286. The topological polar surface area (TPSA) is 20.3 Å². The lowest BCUT2D eigenvalue weighted by atomic mass is 10.1. The van der Waals surface area contributed by atoms with Crippen LogP contribution < -0.4 is 4.90 Å². The van der Waals surface area contributed by atoms with Crippen LogP contribution in [0, 0.1) is 0 Å². The molecule has 1 aromatic rings. The van der Waals surface area contributed by atoms with Crippen molar-refractivity contribution in [2.45, 2.75) is 19.8 Å². The summed E-state index contributed by atoms with van der Waals surface area (Å²) in [6.45, 7) is 6.82. The maximum absolute atomic E-state index is 10.8. The molecule has 0 radical (unpaired) electrons. The smallest absolute Gasteiger partial charge is 0.146 e. The number of rotatable bonds is 2. The molecule has 1 aliphatic heterocycles. The molecule has 2 heteroatoms. The number of carbonyl (C=O) groups excluding carboxylic acids is 1. The van der Waals surface area contributed by atoms with Crippen LogP contribution in [0.4, 0.5) is 5.69 Å². The lowest BCUT2D eigenvalue weighted by Crippen LogP contribution is -2.16. The van der Waals surface area contributed by atoms with E-state index in [0.29, 0.717) is 0 Å². The lowest BCUT2D eigenvalue weighted by molar-refractivity contribution is 0.566. The van der Waals surface area contributed by atoms with Gasteiger partial charge in [0.15, 0.2) is 0 Å². The molecule has 1 aliphatic rings. The number of hydrogen-bond donors (Lipinski definition) is 0. The van der Waals surface area contributed by atoms with Gasteiger partial charge >= 0.3 is 0 Å². The minimum absolute atomic E-state index is 0.763. The third-order valence-corrected chi connectivity index (χ3v) is 2.89. The van der Waals surface area contributed by atoms with Gasteiger partial charge in [0.05, 0.1) is 0 Å². The zero-order valence-corrected chi connectivity index (χ0v) is 9.49. The summed E-state index contributed by atoms with van der Waals surface area (Å²) in [6, 6.07) is 8.13. The second-order valence-corrected chi connectivity index (χ2v) is 4.13. The largest absolute Gasteiger partial charge is 0.336 e. The van der Waals surface area contributed by atoms with Crippen LogP contribution in [-0.4, -0.2) is 12.5 Å². The molecule has 1 fully saturated rings. The van der Waals surface area contributed by atoms with Crippen molar-refractivity contribution in [2.75, 3.05) is 11.4 Å². The van der Waals surface area contributed by atoms with Gasteiger partial charge in [-0.15, -0.1) is 0 Å². The summed E-state index contributed by atoms with van der Waals surface area (Å²) in [5, 5.41) is 0. The van der Waals surface area contributed by atoms with Crippen LogP contribution in [0.1, 0.15) is 25.3 Å². The van der Waals surface area contributed by atoms with E-state index < -0.39 is 0 Å². The number of anilines is 1. The summed E-state index contributed by atoms with van der Waals surface area (Å²) < 4.78 is 0. The average Bonchev–Trinajstić information content (AvgIpc) is 2.77. The lowest BCUT2D eigenvalue weighted by Gasteiger charge is -2.18. The van der Waals surface area contributed by atoms with Gasteiger partial charge in [-0.1, -0.05) is 24.3 Å². The summed E-state index contributed by atoms with van der Waals surface area (Å²) in [5.74, 6) is 2.03. The molecule has 0 aliphatic carbocycles. The van der Waals surface area contributed by atoms with Gasteiger partial charge in [-0.3, -0.25) is 0 Å². The van der Waals surface area contributed by atoms with Gasteiger partial charge in [-0.2, -0.15) is 0 Å². The molecule has 0 bridgehead atoms. The average molecular weight is 213 g/mol. The van der Waals surface area contributed by atoms with Crippen molar-refractivity contribution in [2.24, 2.45) is 0 Å². The molecule has 1 saturated heterocycles. The van der Waals surface area contributed by atoms with Crippen molar-refractivity contribution in [3.8, 4) is 0 Å². The van der Waals surface area contributed by atoms with E-state index in [1.54, 1.807) is 0 Å². The molecule has 0 atom stereocenters. The Morgan fingerprint density at radius 3 is 3.00 bits per heavy atom. The molecular weight excluding hydrogens is 198 g/mol. The Hall–Kier alpha value is -1.79.